The van der Waals surface area contributed by atoms with Gasteiger partial charge in [-0.15, -0.1) is 0 Å². The molecule has 1 aromatic carbocycles. The van der Waals surface area contributed by atoms with E-state index in [0.29, 0.717) is 11.7 Å². The minimum absolute atomic E-state index is 0.0705. The number of nitrogen functional groups attached to an aromatic ring is 1. The Morgan fingerprint density at radius 2 is 2.00 bits per heavy atom. The maximum Gasteiger partial charge on any atom is 0.123 e. The van der Waals surface area contributed by atoms with Crippen LogP contribution in [0.15, 0.2) is 22.7 Å². The first-order valence-corrected chi connectivity index (χ1v) is 6.77. The highest BCUT2D eigenvalue weighted by Crippen LogP contribution is 2.27. The third-order valence-corrected chi connectivity index (χ3v) is 3.74. The van der Waals surface area contributed by atoms with Crippen LogP contribution in [0.5, 0.6) is 5.75 Å². The van der Waals surface area contributed by atoms with Crippen molar-refractivity contribution in [3.8, 4) is 5.75 Å². The number of rotatable bonds is 3. The molecule has 0 spiro atoms. The van der Waals surface area contributed by atoms with Crippen LogP contribution in [0.4, 0.5) is 0 Å². The van der Waals surface area contributed by atoms with E-state index < -0.39 is 0 Å². The summed E-state index contributed by atoms with van der Waals surface area (Å²) in [5, 5.41) is 7.41. The average Bonchev–Trinajstić information content (AvgIpc) is 2.30. The molecule has 1 aliphatic rings. The largest absolute Gasteiger partial charge is 0.490 e. The predicted molar refractivity (Wildman–Crippen MR) is 72.7 cm³/mol. The van der Waals surface area contributed by atoms with E-state index in [-0.39, 0.29) is 5.84 Å². The number of nitrogens with two attached hydrogens (primary N) is 1. The fraction of sp³-hybridized carbons (Fsp3) is 0.462. The summed E-state index contributed by atoms with van der Waals surface area (Å²) in [6.07, 6.45) is 6.48. The van der Waals surface area contributed by atoms with Crippen molar-refractivity contribution in [2.45, 2.75) is 38.2 Å². The minimum Gasteiger partial charge on any atom is -0.490 e. The number of amidine groups is 1. The van der Waals surface area contributed by atoms with Gasteiger partial charge in [0.05, 0.1) is 6.10 Å². The highest BCUT2D eigenvalue weighted by Gasteiger charge is 2.15. The molecule has 0 radical (unpaired) electrons. The molecule has 1 saturated carbocycles. The van der Waals surface area contributed by atoms with Gasteiger partial charge in [0.25, 0.3) is 0 Å². The van der Waals surface area contributed by atoms with E-state index >= 15 is 0 Å². The van der Waals surface area contributed by atoms with Crippen LogP contribution < -0.4 is 10.5 Å². The molecule has 0 amide bonds. The predicted octanol–water partition coefficient (Wildman–Crippen LogP) is 3.44. The van der Waals surface area contributed by atoms with Crippen molar-refractivity contribution < 1.29 is 4.74 Å². The van der Waals surface area contributed by atoms with Crippen molar-refractivity contribution >= 4 is 21.8 Å². The van der Waals surface area contributed by atoms with Gasteiger partial charge in [-0.3, -0.25) is 5.41 Å². The monoisotopic (exact) mass is 296 g/mol. The highest BCUT2D eigenvalue weighted by molar-refractivity contribution is 9.10. The molecule has 3 nitrogen and oxygen atoms in total. The Labute approximate surface area is 110 Å². The van der Waals surface area contributed by atoms with Gasteiger partial charge in [-0.2, -0.15) is 0 Å². The molecule has 0 saturated heterocycles. The zero-order valence-corrected chi connectivity index (χ0v) is 11.3. The molecule has 0 unspecified atom stereocenters. The summed E-state index contributed by atoms with van der Waals surface area (Å²) < 4.78 is 6.75. The molecule has 0 atom stereocenters. The molecule has 0 bridgehead atoms. The van der Waals surface area contributed by atoms with Crippen molar-refractivity contribution in [1.82, 2.24) is 0 Å². The Bertz CT molecular complexity index is 414. The number of halogens is 1. The van der Waals surface area contributed by atoms with Crippen molar-refractivity contribution in [3.05, 3.63) is 28.2 Å². The third-order valence-electron chi connectivity index (χ3n) is 3.09. The molecule has 1 aliphatic carbocycles. The summed E-state index contributed by atoms with van der Waals surface area (Å²) in [4.78, 5) is 0. The molecular weight excluding hydrogens is 280 g/mol. The molecule has 17 heavy (non-hydrogen) atoms. The van der Waals surface area contributed by atoms with E-state index in [1.165, 1.54) is 19.3 Å². The highest BCUT2D eigenvalue weighted by atomic mass is 79.9. The topological polar surface area (TPSA) is 59.1 Å². The van der Waals surface area contributed by atoms with Gasteiger partial charge in [0.2, 0.25) is 0 Å². The maximum atomic E-state index is 7.41. The number of benzene rings is 1. The summed E-state index contributed by atoms with van der Waals surface area (Å²) in [6, 6.07) is 5.60. The zero-order valence-electron chi connectivity index (χ0n) is 9.71. The molecule has 1 fully saturated rings. The van der Waals surface area contributed by atoms with Gasteiger partial charge in [0, 0.05) is 10.0 Å². The van der Waals surface area contributed by atoms with Crippen LogP contribution in [0.25, 0.3) is 0 Å². The molecule has 3 N–H and O–H groups in total. The Hall–Kier alpha value is -1.03. The number of nitrogens with one attached hydrogen (secondary N) is 1. The molecule has 1 aromatic rings. The SMILES string of the molecule is N=C(N)c1ccc(OC2CCCCC2)cc1Br. The fourth-order valence-electron chi connectivity index (χ4n) is 2.16. The summed E-state index contributed by atoms with van der Waals surface area (Å²) in [5.74, 6) is 0.926. The van der Waals surface area contributed by atoms with Crippen LogP contribution >= 0.6 is 15.9 Å². The van der Waals surface area contributed by atoms with Gasteiger partial charge in [-0.1, -0.05) is 6.42 Å². The lowest BCUT2D eigenvalue weighted by molar-refractivity contribution is 0.155. The summed E-state index contributed by atoms with van der Waals surface area (Å²) in [6.45, 7) is 0. The standard InChI is InChI=1S/C13H17BrN2O/c14-12-8-10(6-7-11(12)13(15)16)17-9-4-2-1-3-5-9/h6-9H,1-5H2,(H3,15,16). The summed E-state index contributed by atoms with van der Waals surface area (Å²) >= 11 is 3.41. The number of hydrogen-bond acceptors (Lipinski definition) is 2. The van der Waals surface area contributed by atoms with Crippen molar-refractivity contribution in [3.63, 3.8) is 0 Å². The molecular formula is C13H17BrN2O. The number of ether oxygens (including phenoxy) is 1. The molecule has 0 heterocycles. The Morgan fingerprint density at radius 3 is 2.59 bits per heavy atom. The second-order valence-electron chi connectivity index (χ2n) is 4.43. The lowest BCUT2D eigenvalue weighted by atomic mass is 9.98. The maximum absolute atomic E-state index is 7.41. The molecule has 2 rings (SSSR count). The van der Waals surface area contributed by atoms with Crippen LogP contribution in [-0.4, -0.2) is 11.9 Å². The van der Waals surface area contributed by atoms with E-state index in [9.17, 15) is 0 Å². The first kappa shape index (κ1) is 12.4. The zero-order chi connectivity index (χ0) is 12.3. The first-order valence-electron chi connectivity index (χ1n) is 5.97. The first-order chi connectivity index (χ1) is 8.16. The van der Waals surface area contributed by atoms with Gasteiger partial charge in [-0.05, 0) is 59.8 Å². The quantitative estimate of drug-likeness (QED) is 0.663. The second kappa shape index (κ2) is 5.54. The van der Waals surface area contributed by atoms with Gasteiger partial charge in [0.15, 0.2) is 0 Å². The van der Waals surface area contributed by atoms with Gasteiger partial charge in [-0.25, -0.2) is 0 Å². The van der Waals surface area contributed by atoms with E-state index in [2.05, 4.69) is 15.9 Å². The van der Waals surface area contributed by atoms with Gasteiger partial charge < -0.3 is 10.5 Å². The second-order valence-corrected chi connectivity index (χ2v) is 5.29. The summed E-state index contributed by atoms with van der Waals surface area (Å²) in [5.41, 5.74) is 6.17. The van der Waals surface area contributed by atoms with Crippen molar-refractivity contribution in [2.24, 2.45) is 5.73 Å². The van der Waals surface area contributed by atoms with E-state index in [1.807, 2.05) is 18.2 Å². The summed E-state index contributed by atoms with van der Waals surface area (Å²) in [7, 11) is 0. The fourth-order valence-corrected chi connectivity index (χ4v) is 2.73. The van der Waals surface area contributed by atoms with Crippen molar-refractivity contribution in [2.75, 3.05) is 0 Å². The van der Waals surface area contributed by atoms with Gasteiger partial charge >= 0.3 is 0 Å². The van der Waals surface area contributed by atoms with Crippen LogP contribution in [0.1, 0.15) is 37.7 Å². The van der Waals surface area contributed by atoms with Crippen molar-refractivity contribution in [1.29, 1.82) is 5.41 Å². The van der Waals surface area contributed by atoms with Crippen LogP contribution in [0, 0.1) is 5.41 Å². The minimum atomic E-state index is 0.0705. The van der Waals surface area contributed by atoms with Crippen LogP contribution in [0.3, 0.4) is 0 Å². The van der Waals surface area contributed by atoms with Crippen LogP contribution in [-0.2, 0) is 0 Å². The van der Waals surface area contributed by atoms with E-state index in [0.717, 1.165) is 23.1 Å². The number of hydrogen-bond donors (Lipinski definition) is 2. The van der Waals surface area contributed by atoms with E-state index in [4.69, 9.17) is 15.9 Å². The average molecular weight is 297 g/mol. The molecule has 0 aromatic heterocycles. The third kappa shape index (κ3) is 3.22. The Balaban J connectivity index is 2.06. The normalized spacial score (nSPS) is 16.8. The Kier molecular flexibility index (Phi) is 4.05. The lowest BCUT2D eigenvalue weighted by Crippen LogP contribution is -2.19. The molecule has 0 aliphatic heterocycles. The van der Waals surface area contributed by atoms with E-state index in [1.54, 1.807) is 0 Å². The van der Waals surface area contributed by atoms with Crippen LogP contribution in [0.2, 0.25) is 0 Å². The lowest BCUT2D eigenvalue weighted by Gasteiger charge is -2.23. The smallest absolute Gasteiger partial charge is 0.123 e. The molecule has 4 heteroatoms. The molecule has 92 valence electrons. The van der Waals surface area contributed by atoms with Gasteiger partial charge in [0.1, 0.15) is 11.6 Å². The Morgan fingerprint density at radius 1 is 1.29 bits per heavy atom.